The van der Waals surface area contributed by atoms with Gasteiger partial charge in [0.15, 0.2) is 5.82 Å². The summed E-state index contributed by atoms with van der Waals surface area (Å²) >= 11 is 5.92. The standard InChI is InChI=1S/C17H22ClFN4O.ClH/c1-9(2)5-16-21-17(10-6-14(20)15(24)7-10)23(22-16)11-3-4-13(19)12(18)8-11;/h3-4,8-10,14-15,24H,5-7,20H2,1-2H3;1H/t10-,14+,15+;/m0./s1. The number of rotatable bonds is 4. The molecule has 2 aromatic rings. The maximum Gasteiger partial charge on any atom is 0.151 e. The molecule has 1 aromatic carbocycles. The first kappa shape index (κ1) is 20.1. The largest absolute Gasteiger partial charge is 0.391 e. The van der Waals surface area contributed by atoms with E-state index in [0.29, 0.717) is 24.4 Å². The van der Waals surface area contributed by atoms with E-state index in [1.807, 2.05) is 0 Å². The maximum atomic E-state index is 13.5. The summed E-state index contributed by atoms with van der Waals surface area (Å²) < 4.78 is 15.2. The minimum absolute atomic E-state index is 0. The molecule has 0 radical (unpaired) electrons. The van der Waals surface area contributed by atoms with Gasteiger partial charge in [0.2, 0.25) is 0 Å². The van der Waals surface area contributed by atoms with E-state index in [2.05, 4.69) is 23.9 Å². The molecule has 138 valence electrons. The van der Waals surface area contributed by atoms with Crippen LogP contribution in [-0.4, -0.2) is 32.0 Å². The summed E-state index contributed by atoms with van der Waals surface area (Å²) in [4.78, 5) is 4.68. The van der Waals surface area contributed by atoms with Crippen molar-refractivity contribution in [3.8, 4) is 5.69 Å². The number of halogens is 3. The Morgan fingerprint density at radius 3 is 2.68 bits per heavy atom. The van der Waals surface area contributed by atoms with Gasteiger partial charge in [-0.2, -0.15) is 5.10 Å². The van der Waals surface area contributed by atoms with Crippen molar-refractivity contribution in [2.24, 2.45) is 11.7 Å². The molecule has 0 spiro atoms. The molecule has 1 saturated carbocycles. The van der Waals surface area contributed by atoms with Crippen molar-refractivity contribution >= 4 is 24.0 Å². The van der Waals surface area contributed by atoms with Crippen LogP contribution in [0.25, 0.3) is 5.69 Å². The summed E-state index contributed by atoms with van der Waals surface area (Å²) in [6, 6.07) is 4.23. The van der Waals surface area contributed by atoms with Gasteiger partial charge in [-0.25, -0.2) is 14.1 Å². The number of benzene rings is 1. The van der Waals surface area contributed by atoms with Crippen LogP contribution in [-0.2, 0) is 6.42 Å². The van der Waals surface area contributed by atoms with E-state index in [0.717, 1.165) is 18.1 Å². The Balaban J connectivity index is 0.00000225. The van der Waals surface area contributed by atoms with Crippen LogP contribution in [0.15, 0.2) is 18.2 Å². The first-order valence-corrected chi connectivity index (χ1v) is 8.58. The molecular weight excluding hydrogens is 366 g/mol. The Hall–Kier alpha value is -1.21. The zero-order valence-electron chi connectivity index (χ0n) is 14.2. The summed E-state index contributed by atoms with van der Waals surface area (Å²) in [5, 5.41) is 14.6. The van der Waals surface area contributed by atoms with Crippen LogP contribution in [0.1, 0.15) is 44.3 Å². The molecule has 5 nitrogen and oxygen atoms in total. The molecule has 3 atom stereocenters. The minimum atomic E-state index is -0.537. The van der Waals surface area contributed by atoms with Crippen molar-refractivity contribution in [1.82, 2.24) is 14.8 Å². The molecular formula is C17H23Cl2FN4O. The Bertz CT molecular complexity index is 727. The second-order valence-electron chi connectivity index (χ2n) is 6.89. The molecule has 3 N–H and O–H groups in total. The Labute approximate surface area is 157 Å². The van der Waals surface area contributed by atoms with E-state index < -0.39 is 11.9 Å². The second kappa shape index (κ2) is 7.99. The van der Waals surface area contributed by atoms with Crippen LogP contribution in [0.3, 0.4) is 0 Å². The van der Waals surface area contributed by atoms with E-state index in [4.69, 9.17) is 17.3 Å². The fraction of sp³-hybridized carbons (Fsp3) is 0.529. The van der Waals surface area contributed by atoms with Crippen molar-refractivity contribution in [3.05, 3.63) is 40.7 Å². The van der Waals surface area contributed by atoms with Gasteiger partial charge in [-0.15, -0.1) is 12.4 Å². The van der Waals surface area contributed by atoms with Gasteiger partial charge in [-0.1, -0.05) is 25.4 Å². The summed E-state index contributed by atoms with van der Waals surface area (Å²) in [6.07, 6.45) is 1.41. The lowest BCUT2D eigenvalue weighted by atomic mass is 10.1. The maximum absolute atomic E-state index is 13.5. The van der Waals surface area contributed by atoms with Gasteiger partial charge in [0.25, 0.3) is 0 Å². The summed E-state index contributed by atoms with van der Waals surface area (Å²) in [5.74, 6) is 1.45. The molecule has 0 aliphatic heterocycles. The first-order valence-electron chi connectivity index (χ1n) is 8.20. The van der Waals surface area contributed by atoms with E-state index in [9.17, 15) is 9.50 Å². The molecule has 3 rings (SSSR count). The smallest absolute Gasteiger partial charge is 0.151 e. The summed E-state index contributed by atoms with van der Waals surface area (Å²) in [5.41, 5.74) is 6.61. The minimum Gasteiger partial charge on any atom is -0.391 e. The van der Waals surface area contributed by atoms with Crippen LogP contribution < -0.4 is 5.73 Å². The van der Waals surface area contributed by atoms with Gasteiger partial charge >= 0.3 is 0 Å². The molecule has 0 bridgehead atoms. The first-order chi connectivity index (χ1) is 11.3. The fourth-order valence-electron chi connectivity index (χ4n) is 3.15. The van der Waals surface area contributed by atoms with E-state index in [-0.39, 0.29) is 29.4 Å². The summed E-state index contributed by atoms with van der Waals surface area (Å²) in [7, 11) is 0. The highest BCUT2D eigenvalue weighted by atomic mass is 35.5. The molecule has 0 saturated heterocycles. The molecule has 8 heteroatoms. The lowest BCUT2D eigenvalue weighted by Gasteiger charge is -2.11. The monoisotopic (exact) mass is 388 g/mol. The average Bonchev–Trinajstić information content (AvgIpc) is 3.05. The topological polar surface area (TPSA) is 77.0 Å². The molecule has 1 aliphatic carbocycles. The molecule has 1 heterocycles. The second-order valence-corrected chi connectivity index (χ2v) is 7.30. The highest BCUT2D eigenvalue weighted by Gasteiger charge is 2.35. The number of aliphatic hydroxyl groups is 1. The fourth-order valence-corrected chi connectivity index (χ4v) is 3.32. The third kappa shape index (κ3) is 4.31. The number of nitrogens with zero attached hydrogens (tertiary/aromatic N) is 3. The van der Waals surface area contributed by atoms with Crippen LogP contribution in [0, 0.1) is 11.7 Å². The van der Waals surface area contributed by atoms with Crippen molar-refractivity contribution < 1.29 is 9.50 Å². The SMILES string of the molecule is CC(C)Cc1nc([C@H]2C[C@@H](N)[C@H](O)C2)n(-c2ccc(F)c(Cl)c2)n1.Cl. The van der Waals surface area contributed by atoms with Crippen molar-refractivity contribution in [2.75, 3.05) is 0 Å². The number of aromatic nitrogens is 3. The highest BCUT2D eigenvalue weighted by Crippen LogP contribution is 2.34. The molecule has 1 aliphatic rings. The Morgan fingerprint density at radius 1 is 1.40 bits per heavy atom. The van der Waals surface area contributed by atoms with E-state index in [1.54, 1.807) is 16.8 Å². The van der Waals surface area contributed by atoms with E-state index >= 15 is 0 Å². The van der Waals surface area contributed by atoms with Gasteiger partial charge in [0, 0.05) is 18.4 Å². The van der Waals surface area contributed by atoms with Gasteiger partial charge in [0.1, 0.15) is 11.6 Å². The lowest BCUT2D eigenvalue weighted by molar-refractivity contribution is 0.163. The molecule has 25 heavy (non-hydrogen) atoms. The molecule has 1 aromatic heterocycles. The molecule has 0 unspecified atom stereocenters. The highest BCUT2D eigenvalue weighted by molar-refractivity contribution is 6.30. The van der Waals surface area contributed by atoms with Crippen LogP contribution in [0.2, 0.25) is 5.02 Å². The number of hydrogen-bond donors (Lipinski definition) is 2. The predicted molar refractivity (Wildman–Crippen MR) is 98.1 cm³/mol. The van der Waals surface area contributed by atoms with Gasteiger partial charge < -0.3 is 10.8 Å². The van der Waals surface area contributed by atoms with Crippen LogP contribution >= 0.6 is 24.0 Å². The van der Waals surface area contributed by atoms with Gasteiger partial charge in [0.05, 0.1) is 16.8 Å². The Morgan fingerprint density at radius 2 is 2.12 bits per heavy atom. The number of hydrogen-bond acceptors (Lipinski definition) is 4. The van der Waals surface area contributed by atoms with Gasteiger partial charge in [-0.3, -0.25) is 0 Å². The lowest BCUT2D eigenvalue weighted by Crippen LogP contribution is -2.28. The molecule has 0 amide bonds. The predicted octanol–water partition coefficient (Wildman–Crippen LogP) is 3.25. The molecule has 1 fully saturated rings. The number of nitrogens with two attached hydrogens (primary N) is 1. The third-order valence-electron chi connectivity index (χ3n) is 4.36. The number of aliphatic hydroxyl groups excluding tert-OH is 1. The Kier molecular flexibility index (Phi) is 6.43. The zero-order valence-corrected chi connectivity index (χ0v) is 15.8. The third-order valence-corrected chi connectivity index (χ3v) is 4.65. The quantitative estimate of drug-likeness (QED) is 0.842. The van der Waals surface area contributed by atoms with Crippen LogP contribution in [0.5, 0.6) is 0 Å². The van der Waals surface area contributed by atoms with Crippen molar-refractivity contribution in [2.45, 2.75) is 51.2 Å². The van der Waals surface area contributed by atoms with Gasteiger partial charge in [-0.05, 0) is 37.0 Å². The summed E-state index contributed by atoms with van der Waals surface area (Å²) in [6.45, 7) is 4.20. The van der Waals surface area contributed by atoms with Crippen LogP contribution in [0.4, 0.5) is 4.39 Å². The van der Waals surface area contributed by atoms with E-state index in [1.165, 1.54) is 6.07 Å². The average molecular weight is 389 g/mol. The van der Waals surface area contributed by atoms with Crippen molar-refractivity contribution in [1.29, 1.82) is 0 Å². The normalized spacial score (nSPS) is 23.1. The van der Waals surface area contributed by atoms with Crippen molar-refractivity contribution in [3.63, 3.8) is 0 Å². The zero-order chi connectivity index (χ0) is 17.4.